The van der Waals surface area contributed by atoms with Gasteiger partial charge in [-0.15, -0.1) is 12.4 Å². The van der Waals surface area contributed by atoms with Gasteiger partial charge in [0.15, 0.2) is 0 Å². The number of nitrogens with one attached hydrogen (secondary N) is 1. The molecule has 5 nitrogen and oxygen atoms in total. The van der Waals surface area contributed by atoms with E-state index >= 15 is 0 Å². The number of benzene rings is 4. The Labute approximate surface area is 229 Å². The summed E-state index contributed by atoms with van der Waals surface area (Å²) in [5.74, 6) is 0.197. The van der Waals surface area contributed by atoms with Crippen molar-refractivity contribution in [3.63, 3.8) is 0 Å². The highest BCUT2D eigenvalue weighted by Gasteiger charge is 2.51. The maximum absolute atomic E-state index is 13.7. The van der Waals surface area contributed by atoms with Gasteiger partial charge < -0.3 is 9.80 Å². The van der Waals surface area contributed by atoms with Crippen molar-refractivity contribution in [1.29, 1.82) is 0 Å². The summed E-state index contributed by atoms with van der Waals surface area (Å²) in [6.45, 7) is 1.78. The second kappa shape index (κ2) is 11.0. The topological polar surface area (TPSA) is 52.7 Å². The predicted octanol–water partition coefficient (Wildman–Crippen LogP) is 5.44. The first kappa shape index (κ1) is 26.0. The molecule has 4 aromatic rings. The molecule has 2 amide bonds. The zero-order valence-electron chi connectivity index (χ0n) is 21.3. The summed E-state index contributed by atoms with van der Waals surface area (Å²) >= 11 is 0. The van der Waals surface area contributed by atoms with E-state index in [1.165, 1.54) is 0 Å². The molecule has 2 aliphatic heterocycles. The van der Waals surface area contributed by atoms with Gasteiger partial charge in [0.25, 0.3) is 5.91 Å². The number of carbonyl (C=O) groups excluding carboxylic acids is 2. The van der Waals surface area contributed by atoms with E-state index in [1.54, 1.807) is 0 Å². The zero-order valence-corrected chi connectivity index (χ0v) is 22.1. The standard InChI is InChI=1S/C32H31N3O2.ClH/c36-30(28-16-15-26-13-7-8-14-27(26)22-28)34-19-17-32(18-20-34)33-29(21-24-9-3-1-4-10-24)31(37)35(32)23-25-11-5-2-6-12-25;/h1-16,22,29,33H,17-21,23H2;1H/t29-;/m0./s1. The van der Waals surface area contributed by atoms with Crippen molar-refractivity contribution >= 4 is 35.0 Å². The van der Waals surface area contributed by atoms with Crippen molar-refractivity contribution in [1.82, 2.24) is 15.1 Å². The third kappa shape index (κ3) is 5.04. The number of amides is 2. The fourth-order valence-electron chi connectivity index (χ4n) is 5.85. The van der Waals surface area contributed by atoms with Crippen LogP contribution in [0.3, 0.4) is 0 Å². The Kier molecular flexibility index (Phi) is 7.50. The van der Waals surface area contributed by atoms with Crippen molar-refractivity contribution in [3.8, 4) is 0 Å². The molecule has 0 aliphatic carbocycles. The molecule has 1 N–H and O–H groups in total. The Balaban J connectivity index is 0.00000294. The minimum Gasteiger partial charge on any atom is -0.338 e. The first-order valence-corrected chi connectivity index (χ1v) is 13.1. The van der Waals surface area contributed by atoms with Crippen molar-refractivity contribution in [2.45, 2.75) is 37.5 Å². The number of rotatable bonds is 5. The highest BCUT2D eigenvalue weighted by Crippen LogP contribution is 2.35. The summed E-state index contributed by atoms with van der Waals surface area (Å²) in [6, 6.07) is 34.1. The summed E-state index contributed by atoms with van der Waals surface area (Å²) < 4.78 is 0. The van der Waals surface area contributed by atoms with Gasteiger partial charge in [0.2, 0.25) is 5.91 Å². The molecule has 0 bridgehead atoms. The van der Waals surface area contributed by atoms with Gasteiger partial charge in [0.1, 0.15) is 0 Å². The Morgan fingerprint density at radius 3 is 2.08 bits per heavy atom. The summed E-state index contributed by atoms with van der Waals surface area (Å²) in [6.07, 6.45) is 2.07. The molecule has 2 aliphatic rings. The van der Waals surface area contributed by atoms with Crippen LogP contribution in [0.2, 0.25) is 0 Å². The van der Waals surface area contributed by atoms with Crippen molar-refractivity contribution in [2.24, 2.45) is 0 Å². The lowest BCUT2D eigenvalue weighted by Crippen LogP contribution is -2.59. The summed E-state index contributed by atoms with van der Waals surface area (Å²) in [7, 11) is 0. The van der Waals surface area contributed by atoms with E-state index in [1.807, 2.05) is 82.6 Å². The number of fused-ring (bicyclic) bond motifs is 1. The lowest BCUT2D eigenvalue weighted by atomic mass is 9.94. The van der Waals surface area contributed by atoms with Gasteiger partial charge in [-0.05, 0) is 40.5 Å². The lowest BCUT2D eigenvalue weighted by molar-refractivity contribution is -0.134. The summed E-state index contributed by atoms with van der Waals surface area (Å²) in [4.78, 5) is 31.1. The quantitative estimate of drug-likeness (QED) is 0.377. The van der Waals surface area contributed by atoms with E-state index in [2.05, 4.69) is 35.6 Å². The molecule has 2 saturated heterocycles. The van der Waals surface area contributed by atoms with Crippen LogP contribution in [0.4, 0.5) is 0 Å². The second-order valence-electron chi connectivity index (χ2n) is 10.2. The fourth-order valence-corrected chi connectivity index (χ4v) is 5.85. The fraction of sp³-hybridized carbons (Fsp3) is 0.250. The summed E-state index contributed by atoms with van der Waals surface area (Å²) in [5, 5.41) is 5.94. The highest BCUT2D eigenvalue weighted by molar-refractivity contribution is 5.98. The van der Waals surface area contributed by atoms with E-state index in [0.29, 0.717) is 44.5 Å². The molecular formula is C32H32ClN3O2. The van der Waals surface area contributed by atoms with Gasteiger partial charge in [0.05, 0.1) is 11.7 Å². The number of likely N-dealkylation sites (tertiary alicyclic amines) is 1. The third-order valence-corrected chi connectivity index (χ3v) is 7.86. The number of carbonyl (C=O) groups is 2. The molecule has 1 atom stereocenters. The highest BCUT2D eigenvalue weighted by atomic mass is 35.5. The number of hydrogen-bond acceptors (Lipinski definition) is 3. The van der Waals surface area contributed by atoms with Crippen LogP contribution >= 0.6 is 12.4 Å². The van der Waals surface area contributed by atoms with Crippen LogP contribution in [0.25, 0.3) is 10.8 Å². The van der Waals surface area contributed by atoms with Gasteiger partial charge in [0, 0.05) is 38.0 Å². The van der Waals surface area contributed by atoms with Crippen molar-refractivity contribution < 1.29 is 9.59 Å². The average molecular weight is 526 g/mol. The Morgan fingerprint density at radius 1 is 0.789 bits per heavy atom. The van der Waals surface area contributed by atoms with Crippen LogP contribution < -0.4 is 5.32 Å². The molecule has 38 heavy (non-hydrogen) atoms. The van der Waals surface area contributed by atoms with Gasteiger partial charge in [-0.25, -0.2) is 0 Å². The van der Waals surface area contributed by atoms with Gasteiger partial charge in [-0.2, -0.15) is 0 Å². The van der Waals surface area contributed by atoms with Crippen LogP contribution in [-0.2, 0) is 17.8 Å². The molecule has 6 rings (SSSR count). The lowest BCUT2D eigenvalue weighted by Gasteiger charge is -2.44. The number of piperidine rings is 1. The maximum atomic E-state index is 13.7. The first-order valence-electron chi connectivity index (χ1n) is 13.1. The maximum Gasteiger partial charge on any atom is 0.253 e. The first-order chi connectivity index (χ1) is 18.1. The number of hydrogen-bond donors (Lipinski definition) is 1. The molecule has 0 aromatic heterocycles. The second-order valence-corrected chi connectivity index (χ2v) is 10.2. The third-order valence-electron chi connectivity index (χ3n) is 7.86. The molecule has 0 saturated carbocycles. The molecule has 1 spiro atoms. The van der Waals surface area contributed by atoms with Crippen LogP contribution in [0.5, 0.6) is 0 Å². The Hall–Kier alpha value is -3.67. The van der Waals surface area contributed by atoms with Crippen LogP contribution in [0, 0.1) is 0 Å². The van der Waals surface area contributed by atoms with E-state index < -0.39 is 5.66 Å². The minimum atomic E-state index is -0.452. The van der Waals surface area contributed by atoms with E-state index in [9.17, 15) is 9.59 Å². The average Bonchev–Trinajstić information content (AvgIpc) is 3.19. The zero-order chi connectivity index (χ0) is 25.2. The molecule has 4 aromatic carbocycles. The SMILES string of the molecule is Cl.O=C(c1ccc2ccccc2c1)N1CCC2(CC1)N[C@@H](Cc1ccccc1)C(=O)N2Cc1ccccc1. The van der Waals surface area contributed by atoms with Crippen LogP contribution in [0.1, 0.15) is 34.3 Å². The molecule has 0 unspecified atom stereocenters. The van der Waals surface area contributed by atoms with Crippen molar-refractivity contribution in [2.75, 3.05) is 13.1 Å². The molecule has 6 heteroatoms. The minimum absolute atomic E-state index is 0. The monoisotopic (exact) mass is 525 g/mol. The normalized spacial score (nSPS) is 18.5. The Morgan fingerprint density at radius 2 is 1.39 bits per heavy atom. The van der Waals surface area contributed by atoms with Crippen LogP contribution in [0.15, 0.2) is 103 Å². The van der Waals surface area contributed by atoms with Crippen molar-refractivity contribution in [3.05, 3.63) is 120 Å². The van der Waals surface area contributed by atoms with Gasteiger partial charge in [-0.3, -0.25) is 14.9 Å². The molecular weight excluding hydrogens is 494 g/mol. The molecule has 2 fully saturated rings. The van der Waals surface area contributed by atoms with Gasteiger partial charge in [-0.1, -0.05) is 91.0 Å². The van der Waals surface area contributed by atoms with E-state index in [0.717, 1.165) is 21.9 Å². The molecule has 194 valence electrons. The number of nitrogens with zero attached hydrogens (tertiary/aromatic N) is 2. The number of halogens is 1. The molecule has 2 heterocycles. The van der Waals surface area contributed by atoms with Crippen LogP contribution in [-0.4, -0.2) is 46.4 Å². The predicted molar refractivity (Wildman–Crippen MR) is 153 cm³/mol. The van der Waals surface area contributed by atoms with E-state index in [-0.39, 0.29) is 30.3 Å². The summed E-state index contributed by atoms with van der Waals surface area (Å²) in [5.41, 5.74) is 2.53. The molecule has 0 radical (unpaired) electrons. The largest absolute Gasteiger partial charge is 0.338 e. The Bertz CT molecular complexity index is 1420. The van der Waals surface area contributed by atoms with Gasteiger partial charge >= 0.3 is 0 Å². The van der Waals surface area contributed by atoms with E-state index in [4.69, 9.17) is 0 Å². The smallest absolute Gasteiger partial charge is 0.253 e.